The molecule has 0 amide bonds. The number of rotatable bonds is 16. The van der Waals surface area contributed by atoms with Crippen LogP contribution in [0.5, 0.6) is 0 Å². The number of hydrazine groups is 2. The number of aromatic nitrogens is 9. The van der Waals surface area contributed by atoms with E-state index >= 15 is 0 Å². The summed E-state index contributed by atoms with van der Waals surface area (Å²) in [4.78, 5) is 8.59. The lowest BCUT2D eigenvalue weighted by Crippen LogP contribution is -2.51. The highest BCUT2D eigenvalue weighted by molar-refractivity contribution is 5.77. The van der Waals surface area contributed by atoms with Gasteiger partial charge in [-0.15, -0.1) is 10.6 Å². The van der Waals surface area contributed by atoms with Gasteiger partial charge in [-0.25, -0.2) is 31.9 Å². The van der Waals surface area contributed by atoms with Gasteiger partial charge in [0.15, 0.2) is 12.0 Å². The van der Waals surface area contributed by atoms with Crippen LogP contribution in [0.2, 0.25) is 0 Å². The Morgan fingerprint density at radius 1 is 0.653 bits per heavy atom. The maximum Gasteiger partial charge on any atom is 0.300 e. The Morgan fingerprint density at radius 2 is 1.20 bits per heavy atom. The number of fused-ring (bicyclic) bond motifs is 2. The molecule has 12 rings (SSSR count). The second-order valence-electron chi connectivity index (χ2n) is 21.1. The maximum absolute atomic E-state index is 14.1. The number of aromatic amines is 1. The van der Waals surface area contributed by atoms with Crippen molar-refractivity contribution in [3.63, 3.8) is 0 Å². The number of hydrogen-bond donors (Lipinski definition) is 8. The molecule has 396 valence electrons. The summed E-state index contributed by atoms with van der Waals surface area (Å²) in [5, 5.41) is 27.0. The first-order chi connectivity index (χ1) is 36.4. The number of nitrogen functional groups attached to an aromatic ring is 2. The molecule has 0 saturated heterocycles. The molecule has 1 aliphatic heterocycles. The predicted molar refractivity (Wildman–Crippen MR) is 278 cm³/mol. The standard InChI is InChI=1S/C27H31F3N8.C27H34F2N8/c28-22-13-23(27(22,29)30)38-15-18(14-33-38)20(21-12-24(31)34-26-25(21)35-37-36-26)10-11-32-19-8-6-17(7-9-19)16-4-2-1-3-5-16;28-27(29)12-10-23(27)37-16-19(15-32-37)21(22-14-24(30)33-26-25(22)34-36-35-26)11-13-31-20-8-6-18(7-9-20)17-4-2-1-3-5-17/h1-5,12,14-15,17,19-20,22-23,32H,6-11,13H2,(H3,31,34,35,36,37);1-5,14-16,18,20-21,23,31,34,36H,6-13H2,(H3,30,33,35). The SMILES string of the molecule is Nc1cc(C(CCNC2CCC(c3ccccc3)CC2)c2cnn(C3CC(F)C3(F)F)c2)c2n[nH]nc2n1.Nc1cc(C(CCNC2CCC(c3ccccc3)CC2)c2cnn(C3CCC3(F)F)c2)c2c(n1)NNN2. The van der Waals surface area contributed by atoms with Crippen molar-refractivity contribution in [3.8, 4) is 0 Å². The molecule has 7 aromatic rings. The Bertz CT molecular complexity index is 3000. The van der Waals surface area contributed by atoms with Gasteiger partial charge in [-0.2, -0.15) is 20.5 Å². The number of halogens is 5. The van der Waals surface area contributed by atoms with Crippen molar-refractivity contribution in [2.75, 3.05) is 35.4 Å². The average molecular weight is 1030 g/mol. The van der Waals surface area contributed by atoms with E-state index in [1.54, 1.807) is 30.9 Å². The highest BCUT2D eigenvalue weighted by Crippen LogP contribution is 2.50. The average Bonchev–Trinajstić information content (AvgIpc) is 4.29. The molecular weight excluding hydrogens is 968 g/mol. The van der Waals surface area contributed by atoms with E-state index in [1.165, 1.54) is 33.3 Å². The van der Waals surface area contributed by atoms with E-state index in [2.05, 4.69) is 123 Å². The number of nitrogens with two attached hydrogens (primary N) is 2. The summed E-state index contributed by atoms with van der Waals surface area (Å²) in [6.07, 6.45) is 15.3. The molecule has 5 atom stereocenters. The smallest absolute Gasteiger partial charge is 0.300 e. The Labute approximate surface area is 431 Å². The quantitative estimate of drug-likeness (QED) is 0.0424. The highest BCUT2D eigenvalue weighted by atomic mass is 19.3. The van der Waals surface area contributed by atoms with Crippen LogP contribution in [0.3, 0.4) is 0 Å². The molecule has 4 aliphatic carbocycles. The molecular formula is C54H65F5N16. The summed E-state index contributed by atoms with van der Waals surface area (Å²) in [6.45, 7) is 1.51. The molecule has 0 bridgehead atoms. The van der Waals surface area contributed by atoms with Crippen LogP contribution >= 0.6 is 0 Å². The van der Waals surface area contributed by atoms with Crippen molar-refractivity contribution >= 4 is 34.3 Å². The third-order valence-electron chi connectivity index (χ3n) is 16.5. The lowest BCUT2D eigenvalue weighted by atomic mass is 9.81. The van der Waals surface area contributed by atoms with Crippen molar-refractivity contribution < 1.29 is 22.0 Å². The molecule has 21 heteroatoms. The first-order valence-electron chi connectivity index (χ1n) is 26.5. The van der Waals surface area contributed by atoms with Crippen LogP contribution in [0.25, 0.3) is 11.2 Å². The largest absolute Gasteiger partial charge is 0.384 e. The minimum Gasteiger partial charge on any atom is -0.384 e. The Hall–Kier alpha value is -6.71. The highest BCUT2D eigenvalue weighted by Gasteiger charge is 2.60. The molecule has 16 nitrogen and oxygen atoms in total. The number of nitrogens with zero attached hydrogens (tertiary/aromatic N) is 8. The maximum atomic E-state index is 14.1. The second-order valence-corrected chi connectivity index (χ2v) is 21.1. The number of alkyl halides is 5. The molecule has 10 N–H and O–H groups in total. The molecule has 4 saturated carbocycles. The molecule has 0 radical (unpaired) electrons. The van der Waals surface area contributed by atoms with Gasteiger partial charge in [-0.3, -0.25) is 14.8 Å². The minimum absolute atomic E-state index is 0.0798. The first kappa shape index (κ1) is 50.4. The monoisotopic (exact) mass is 1030 g/mol. The zero-order chi connectivity index (χ0) is 51.7. The lowest BCUT2D eigenvalue weighted by Gasteiger charge is -2.39. The topological polar surface area (TPSA) is 215 Å². The van der Waals surface area contributed by atoms with Crippen LogP contribution < -0.4 is 38.5 Å². The van der Waals surface area contributed by atoms with Crippen molar-refractivity contribution in [1.29, 1.82) is 0 Å². The number of nitrogens with one attached hydrogen (secondary N) is 6. The van der Waals surface area contributed by atoms with Crippen LogP contribution in [0.4, 0.5) is 45.1 Å². The fourth-order valence-corrected chi connectivity index (χ4v) is 12.0. The van der Waals surface area contributed by atoms with Crippen LogP contribution in [-0.4, -0.2) is 88.1 Å². The van der Waals surface area contributed by atoms with Crippen molar-refractivity contribution in [3.05, 3.63) is 131 Å². The summed E-state index contributed by atoms with van der Waals surface area (Å²) < 4.78 is 72.4. The summed E-state index contributed by atoms with van der Waals surface area (Å²) in [6, 6.07) is 23.8. The molecule has 5 unspecified atom stereocenters. The van der Waals surface area contributed by atoms with Gasteiger partial charge in [0.1, 0.15) is 29.2 Å². The normalized spacial score (nSPS) is 25.4. The van der Waals surface area contributed by atoms with Gasteiger partial charge in [0.05, 0.1) is 18.1 Å². The van der Waals surface area contributed by atoms with E-state index in [1.807, 2.05) is 6.07 Å². The Kier molecular flexibility index (Phi) is 14.5. The van der Waals surface area contributed by atoms with Gasteiger partial charge in [-0.1, -0.05) is 60.7 Å². The summed E-state index contributed by atoms with van der Waals surface area (Å²) in [5.41, 5.74) is 29.3. The van der Waals surface area contributed by atoms with Crippen molar-refractivity contribution in [1.82, 2.24) is 61.1 Å². The molecule has 5 aliphatic rings. The van der Waals surface area contributed by atoms with Crippen LogP contribution in [-0.2, 0) is 0 Å². The van der Waals surface area contributed by atoms with E-state index in [9.17, 15) is 22.0 Å². The first-order valence-corrected chi connectivity index (χ1v) is 26.5. The number of anilines is 4. The second kappa shape index (κ2) is 21.5. The fourth-order valence-electron chi connectivity index (χ4n) is 12.0. The van der Waals surface area contributed by atoms with E-state index in [-0.39, 0.29) is 24.7 Å². The third-order valence-corrected chi connectivity index (χ3v) is 16.5. The summed E-state index contributed by atoms with van der Waals surface area (Å²) >= 11 is 0. The zero-order valence-electron chi connectivity index (χ0n) is 41.7. The van der Waals surface area contributed by atoms with Gasteiger partial charge >= 0.3 is 5.92 Å². The van der Waals surface area contributed by atoms with Gasteiger partial charge in [0, 0.05) is 49.2 Å². The zero-order valence-corrected chi connectivity index (χ0v) is 41.7. The van der Waals surface area contributed by atoms with E-state index in [0.717, 1.165) is 79.4 Å². The lowest BCUT2D eigenvalue weighted by molar-refractivity contribution is -0.187. The van der Waals surface area contributed by atoms with Gasteiger partial charge in [0.25, 0.3) is 5.92 Å². The van der Waals surface area contributed by atoms with Gasteiger partial charge in [-0.05, 0) is 141 Å². The summed E-state index contributed by atoms with van der Waals surface area (Å²) in [5.74, 6) is -3.86. The van der Waals surface area contributed by atoms with Crippen LogP contribution in [0.1, 0.15) is 153 Å². The van der Waals surface area contributed by atoms with E-state index in [4.69, 9.17) is 11.5 Å². The van der Waals surface area contributed by atoms with E-state index < -0.39 is 30.1 Å². The third kappa shape index (κ3) is 10.8. The minimum atomic E-state index is -3.42. The van der Waals surface area contributed by atoms with Crippen LogP contribution in [0.15, 0.2) is 97.6 Å². The summed E-state index contributed by atoms with van der Waals surface area (Å²) in [7, 11) is 0. The molecule has 2 aromatic carbocycles. The molecule has 0 spiro atoms. The van der Waals surface area contributed by atoms with Crippen LogP contribution in [0, 0.1) is 0 Å². The number of hydrogen-bond acceptors (Lipinski definition) is 13. The van der Waals surface area contributed by atoms with Crippen molar-refractivity contribution in [2.24, 2.45) is 0 Å². The van der Waals surface area contributed by atoms with E-state index in [0.29, 0.717) is 71.9 Å². The Morgan fingerprint density at radius 3 is 1.73 bits per heavy atom. The number of pyridine rings is 2. The Balaban J connectivity index is 0.000000161. The molecule has 4 fully saturated rings. The molecule has 75 heavy (non-hydrogen) atoms. The predicted octanol–water partition coefficient (Wildman–Crippen LogP) is 9.81. The fraction of sp³-hybridized carbons (Fsp3) is 0.481. The number of H-pyrrole nitrogens is 1. The molecule has 5 aromatic heterocycles. The van der Waals surface area contributed by atoms with Crippen molar-refractivity contribution in [2.45, 2.75) is 149 Å². The number of benzene rings is 2. The molecule has 6 heterocycles. The van der Waals surface area contributed by atoms with Gasteiger partial charge < -0.3 is 27.5 Å². The van der Waals surface area contributed by atoms with Gasteiger partial charge in [0.2, 0.25) is 5.65 Å².